The van der Waals surface area contributed by atoms with Crippen LogP contribution in [-0.4, -0.2) is 19.0 Å². The molecule has 3 N–H and O–H groups in total. The summed E-state index contributed by atoms with van der Waals surface area (Å²) in [7, 11) is 0. The standard InChI is InChI=1S/C16H30N2O/c1-12-3-5-14(6-4-12)7-8-18-15(19)16(11-17)9-13(2)10-16/h12-14H,3-11,17H2,1-2H3,(H,18,19). The van der Waals surface area contributed by atoms with Crippen LogP contribution in [0.25, 0.3) is 0 Å². The molecule has 2 rings (SSSR count). The molecule has 0 heterocycles. The van der Waals surface area contributed by atoms with Crippen molar-refractivity contribution in [1.82, 2.24) is 5.32 Å². The molecule has 3 heteroatoms. The average Bonchev–Trinajstić information content (AvgIpc) is 2.37. The first-order valence-corrected chi connectivity index (χ1v) is 8.04. The maximum atomic E-state index is 12.2. The second-order valence-corrected chi connectivity index (χ2v) is 7.17. The largest absolute Gasteiger partial charge is 0.356 e. The minimum absolute atomic E-state index is 0.206. The molecule has 2 saturated carbocycles. The van der Waals surface area contributed by atoms with Crippen molar-refractivity contribution in [2.75, 3.05) is 13.1 Å². The summed E-state index contributed by atoms with van der Waals surface area (Å²) in [5.74, 6) is 2.60. The zero-order chi connectivity index (χ0) is 13.9. The van der Waals surface area contributed by atoms with E-state index in [-0.39, 0.29) is 11.3 Å². The molecule has 0 bridgehead atoms. The molecule has 2 fully saturated rings. The van der Waals surface area contributed by atoms with E-state index in [4.69, 9.17) is 5.73 Å². The Morgan fingerprint density at radius 1 is 1.16 bits per heavy atom. The summed E-state index contributed by atoms with van der Waals surface area (Å²) in [5.41, 5.74) is 5.57. The van der Waals surface area contributed by atoms with Crippen molar-refractivity contribution in [3.63, 3.8) is 0 Å². The molecule has 0 aromatic rings. The predicted molar refractivity (Wildman–Crippen MR) is 78.6 cm³/mol. The molecule has 0 radical (unpaired) electrons. The Balaban J connectivity index is 1.66. The number of nitrogens with two attached hydrogens (primary N) is 1. The maximum absolute atomic E-state index is 12.2. The summed E-state index contributed by atoms with van der Waals surface area (Å²) in [6.07, 6.45) is 8.50. The molecule has 2 aliphatic rings. The molecule has 110 valence electrons. The van der Waals surface area contributed by atoms with E-state index in [9.17, 15) is 4.79 Å². The fourth-order valence-electron chi connectivity index (χ4n) is 3.91. The first-order chi connectivity index (χ1) is 9.05. The van der Waals surface area contributed by atoms with Gasteiger partial charge in [0.05, 0.1) is 5.41 Å². The van der Waals surface area contributed by atoms with Gasteiger partial charge >= 0.3 is 0 Å². The van der Waals surface area contributed by atoms with Gasteiger partial charge in [0.15, 0.2) is 0 Å². The molecule has 3 nitrogen and oxygen atoms in total. The van der Waals surface area contributed by atoms with Crippen LogP contribution in [0.5, 0.6) is 0 Å². The Bertz CT molecular complexity index is 302. The van der Waals surface area contributed by atoms with Gasteiger partial charge in [-0.3, -0.25) is 4.79 Å². The molecule has 0 aromatic carbocycles. The normalized spacial score (nSPS) is 38.6. The van der Waals surface area contributed by atoms with E-state index in [1.807, 2.05) is 0 Å². The molecule has 0 atom stereocenters. The molecule has 0 spiro atoms. The number of nitrogens with one attached hydrogen (secondary N) is 1. The quantitative estimate of drug-likeness (QED) is 0.804. The minimum Gasteiger partial charge on any atom is -0.356 e. The van der Waals surface area contributed by atoms with Crippen molar-refractivity contribution in [3.8, 4) is 0 Å². The highest BCUT2D eigenvalue weighted by molar-refractivity contribution is 5.83. The fourth-order valence-corrected chi connectivity index (χ4v) is 3.91. The van der Waals surface area contributed by atoms with Gasteiger partial charge in [-0.25, -0.2) is 0 Å². The van der Waals surface area contributed by atoms with Gasteiger partial charge in [0.25, 0.3) is 0 Å². The highest BCUT2D eigenvalue weighted by Gasteiger charge is 2.46. The van der Waals surface area contributed by atoms with Gasteiger partial charge in [-0.15, -0.1) is 0 Å². The highest BCUT2D eigenvalue weighted by atomic mass is 16.2. The first kappa shape index (κ1) is 14.8. The molecule has 0 aliphatic heterocycles. The lowest BCUT2D eigenvalue weighted by Gasteiger charge is -2.44. The lowest BCUT2D eigenvalue weighted by atomic mass is 9.62. The summed E-state index contributed by atoms with van der Waals surface area (Å²) < 4.78 is 0. The topological polar surface area (TPSA) is 55.1 Å². The second-order valence-electron chi connectivity index (χ2n) is 7.17. The smallest absolute Gasteiger partial charge is 0.227 e. The second kappa shape index (κ2) is 6.25. The predicted octanol–water partition coefficient (Wildman–Crippen LogP) is 2.69. The third kappa shape index (κ3) is 3.50. The van der Waals surface area contributed by atoms with Crippen LogP contribution in [0.2, 0.25) is 0 Å². The van der Waals surface area contributed by atoms with Gasteiger partial charge in [-0.05, 0) is 37.0 Å². The van der Waals surface area contributed by atoms with Crippen LogP contribution in [-0.2, 0) is 4.79 Å². The van der Waals surface area contributed by atoms with Crippen LogP contribution in [0.4, 0.5) is 0 Å². The van der Waals surface area contributed by atoms with Crippen LogP contribution in [0.15, 0.2) is 0 Å². The molecule has 1 amide bonds. The third-order valence-electron chi connectivity index (χ3n) is 5.32. The van der Waals surface area contributed by atoms with Crippen LogP contribution in [0.3, 0.4) is 0 Å². The molecule has 0 aromatic heterocycles. The average molecular weight is 266 g/mol. The van der Waals surface area contributed by atoms with Gasteiger partial charge in [-0.2, -0.15) is 0 Å². The van der Waals surface area contributed by atoms with Gasteiger partial charge in [-0.1, -0.05) is 39.5 Å². The van der Waals surface area contributed by atoms with Crippen molar-refractivity contribution in [3.05, 3.63) is 0 Å². The zero-order valence-corrected chi connectivity index (χ0v) is 12.6. The van der Waals surface area contributed by atoms with Crippen molar-refractivity contribution < 1.29 is 4.79 Å². The fraction of sp³-hybridized carbons (Fsp3) is 0.938. The molecule has 19 heavy (non-hydrogen) atoms. The highest BCUT2D eigenvalue weighted by Crippen LogP contribution is 2.44. The van der Waals surface area contributed by atoms with E-state index in [0.717, 1.165) is 37.6 Å². The van der Waals surface area contributed by atoms with Crippen molar-refractivity contribution >= 4 is 5.91 Å². The SMILES string of the molecule is CC1CCC(CCNC(=O)C2(CN)CC(C)C2)CC1. The maximum Gasteiger partial charge on any atom is 0.227 e. The summed E-state index contributed by atoms with van der Waals surface area (Å²) in [6, 6.07) is 0. The van der Waals surface area contributed by atoms with Crippen LogP contribution in [0, 0.1) is 23.2 Å². The Morgan fingerprint density at radius 2 is 1.79 bits per heavy atom. The summed E-state index contributed by atoms with van der Waals surface area (Å²) >= 11 is 0. The molecule has 0 unspecified atom stereocenters. The summed E-state index contributed by atoms with van der Waals surface area (Å²) in [6.45, 7) is 5.89. The molecule has 0 saturated heterocycles. The summed E-state index contributed by atoms with van der Waals surface area (Å²) in [5, 5.41) is 3.14. The van der Waals surface area contributed by atoms with E-state index < -0.39 is 0 Å². The van der Waals surface area contributed by atoms with E-state index in [0.29, 0.717) is 12.5 Å². The van der Waals surface area contributed by atoms with Crippen molar-refractivity contribution in [2.45, 2.75) is 58.8 Å². The Labute approximate surface area is 117 Å². The number of hydrogen-bond acceptors (Lipinski definition) is 2. The van der Waals surface area contributed by atoms with Gasteiger partial charge in [0, 0.05) is 13.1 Å². The molecular formula is C16H30N2O. The lowest BCUT2D eigenvalue weighted by Crippen LogP contribution is -2.53. The summed E-state index contributed by atoms with van der Waals surface area (Å²) in [4.78, 5) is 12.2. The van der Waals surface area contributed by atoms with E-state index in [1.54, 1.807) is 0 Å². The monoisotopic (exact) mass is 266 g/mol. The van der Waals surface area contributed by atoms with E-state index in [2.05, 4.69) is 19.2 Å². The Kier molecular flexibility index (Phi) is 4.88. The van der Waals surface area contributed by atoms with E-state index in [1.165, 1.54) is 25.7 Å². The Morgan fingerprint density at radius 3 is 2.32 bits per heavy atom. The van der Waals surface area contributed by atoms with Gasteiger partial charge in [0.2, 0.25) is 5.91 Å². The van der Waals surface area contributed by atoms with Gasteiger partial charge < -0.3 is 11.1 Å². The molecular weight excluding hydrogens is 236 g/mol. The number of carbonyl (C=O) groups is 1. The van der Waals surface area contributed by atoms with Crippen LogP contribution in [0.1, 0.15) is 58.8 Å². The van der Waals surface area contributed by atoms with Crippen LogP contribution >= 0.6 is 0 Å². The molecule has 2 aliphatic carbocycles. The van der Waals surface area contributed by atoms with E-state index >= 15 is 0 Å². The number of hydrogen-bond donors (Lipinski definition) is 2. The number of rotatable bonds is 5. The number of carbonyl (C=O) groups excluding carboxylic acids is 1. The zero-order valence-electron chi connectivity index (χ0n) is 12.6. The van der Waals surface area contributed by atoms with Crippen molar-refractivity contribution in [1.29, 1.82) is 0 Å². The lowest BCUT2D eigenvalue weighted by molar-refractivity contribution is -0.138. The van der Waals surface area contributed by atoms with Gasteiger partial charge in [0.1, 0.15) is 0 Å². The minimum atomic E-state index is -0.236. The third-order valence-corrected chi connectivity index (χ3v) is 5.32. The Hall–Kier alpha value is -0.570. The van der Waals surface area contributed by atoms with Crippen LogP contribution < -0.4 is 11.1 Å². The number of amides is 1. The first-order valence-electron chi connectivity index (χ1n) is 8.04. The van der Waals surface area contributed by atoms with Crippen molar-refractivity contribution in [2.24, 2.45) is 28.9 Å².